The van der Waals surface area contributed by atoms with E-state index in [9.17, 15) is 14.4 Å². The van der Waals surface area contributed by atoms with E-state index in [4.69, 9.17) is 5.73 Å². The summed E-state index contributed by atoms with van der Waals surface area (Å²) in [5.41, 5.74) is 6.44. The smallest absolute Gasteiger partial charge is 0.261 e. The lowest BCUT2D eigenvalue weighted by Crippen LogP contribution is -2.51. The highest BCUT2D eigenvalue weighted by atomic mass is 16.2. The summed E-state index contributed by atoms with van der Waals surface area (Å²) >= 11 is 0. The number of imide groups is 1. The van der Waals surface area contributed by atoms with Gasteiger partial charge in [0.1, 0.15) is 0 Å². The number of hydrogen-bond acceptors (Lipinski definition) is 4. The minimum atomic E-state index is -0.212. The van der Waals surface area contributed by atoms with Crippen LogP contribution in [-0.2, 0) is 4.79 Å². The van der Waals surface area contributed by atoms with Gasteiger partial charge < -0.3 is 10.6 Å². The number of likely N-dealkylation sites (tertiary alicyclic amines) is 1. The molecule has 0 bridgehead atoms. The van der Waals surface area contributed by atoms with Gasteiger partial charge in [-0.2, -0.15) is 0 Å². The first-order valence-corrected chi connectivity index (χ1v) is 9.45. The van der Waals surface area contributed by atoms with Crippen LogP contribution in [0, 0.1) is 5.92 Å². The average molecular weight is 357 g/mol. The maximum Gasteiger partial charge on any atom is 0.261 e. The Labute approximate surface area is 154 Å². The lowest BCUT2D eigenvalue weighted by molar-refractivity contribution is -0.135. The molecule has 1 aromatic rings. The maximum atomic E-state index is 11.6. The standard InChI is InChI=1S/C11H20N2O.C9H7NO2/c12-8-11(14)13-7-3-5-9-4-1-2-6-10(9)13;1-10-8(11)6-4-2-3-5-7(6)9(10)12/h9-10H,1-8,12H2;2-5H,1H3. The molecule has 1 saturated heterocycles. The predicted molar refractivity (Wildman–Crippen MR) is 98.6 cm³/mol. The lowest BCUT2D eigenvalue weighted by atomic mass is 9.78. The molecule has 0 spiro atoms. The number of hydrogen-bond donors (Lipinski definition) is 1. The second-order valence-electron chi connectivity index (χ2n) is 7.26. The molecule has 6 heteroatoms. The Morgan fingerprint density at radius 3 is 2.23 bits per heavy atom. The van der Waals surface area contributed by atoms with E-state index >= 15 is 0 Å². The van der Waals surface area contributed by atoms with Crippen molar-refractivity contribution in [3.05, 3.63) is 35.4 Å². The molecule has 2 fully saturated rings. The second kappa shape index (κ2) is 7.99. The third-order valence-corrected chi connectivity index (χ3v) is 5.74. The van der Waals surface area contributed by atoms with Crippen molar-refractivity contribution in [2.45, 2.75) is 44.6 Å². The highest BCUT2D eigenvalue weighted by Gasteiger charge is 2.35. The Balaban J connectivity index is 0.000000152. The molecule has 1 saturated carbocycles. The summed E-state index contributed by atoms with van der Waals surface area (Å²) in [6.07, 6.45) is 7.66. The van der Waals surface area contributed by atoms with Gasteiger partial charge in [-0.1, -0.05) is 25.0 Å². The van der Waals surface area contributed by atoms with Gasteiger partial charge in [0.15, 0.2) is 0 Å². The minimum Gasteiger partial charge on any atom is -0.338 e. The molecule has 2 atom stereocenters. The molecule has 3 amide bonds. The number of nitrogens with zero attached hydrogens (tertiary/aromatic N) is 2. The van der Waals surface area contributed by atoms with Gasteiger partial charge in [0.2, 0.25) is 5.91 Å². The van der Waals surface area contributed by atoms with Crippen LogP contribution in [0.3, 0.4) is 0 Å². The van der Waals surface area contributed by atoms with Crippen LogP contribution in [0.2, 0.25) is 0 Å². The van der Waals surface area contributed by atoms with Crippen LogP contribution in [0.1, 0.15) is 59.2 Å². The number of carbonyl (C=O) groups is 3. The monoisotopic (exact) mass is 357 g/mol. The van der Waals surface area contributed by atoms with Gasteiger partial charge in [-0.25, -0.2) is 0 Å². The topological polar surface area (TPSA) is 83.7 Å². The zero-order chi connectivity index (χ0) is 18.7. The summed E-state index contributed by atoms with van der Waals surface area (Å²) in [7, 11) is 1.49. The van der Waals surface area contributed by atoms with Gasteiger partial charge in [-0.3, -0.25) is 19.3 Å². The van der Waals surface area contributed by atoms with E-state index in [0.29, 0.717) is 17.2 Å². The first-order valence-electron chi connectivity index (χ1n) is 9.45. The molecule has 6 nitrogen and oxygen atoms in total. The molecule has 2 unspecified atom stereocenters. The predicted octanol–water partition coefficient (Wildman–Crippen LogP) is 2.04. The van der Waals surface area contributed by atoms with E-state index in [0.717, 1.165) is 17.4 Å². The first-order chi connectivity index (χ1) is 12.5. The Bertz CT molecular complexity index is 666. The molecular formula is C20H27N3O3. The molecule has 1 aliphatic carbocycles. The van der Waals surface area contributed by atoms with E-state index in [-0.39, 0.29) is 24.3 Å². The number of nitrogens with two attached hydrogens (primary N) is 1. The number of amides is 3. The Hall–Kier alpha value is -2.21. The molecule has 1 aromatic carbocycles. The SMILES string of the molecule is CN1C(=O)c2ccccc2C1=O.NCC(=O)N1CCCC2CCCCC21. The normalized spacial score (nSPS) is 24.5. The molecule has 4 rings (SSSR count). The van der Waals surface area contributed by atoms with Crippen molar-refractivity contribution < 1.29 is 14.4 Å². The Kier molecular flexibility index (Phi) is 5.71. The van der Waals surface area contributed by atoms with E-state index in [1.165, 1.54) is 45.6 Å². The number of rotatable bonds is 1. The van der Waals surface area contributed by atoms with Crippen molar-refractivity contribution in [3.8, 4) is 0 Å². The number of piperidine rings is 1. The van der Waals surface area contributed by atoms with Crippen molar-refractivity contribution in [2.75, 3.05) is 20.1 Å². The van der Waals surface area contributed by atoms with Crippen LogP contribution >= 0.6 is 0 Å². The quantitative estimate of drug-likeness (QED) is 0.780. The second-order valence-corrected chi connectivity index (χ2v) is 7.26. The van der Waals surface area contributed by atoms with Gasteiger partial charge in [-0.05, 0) is 43.7 Å². The number of fused-ring (bicyclic) bond motifs is 2. The van der Waals surface area contributed by atoms with Gasteiger partial charge in [0.05, 0.1) is 17.7 Å². The Morgan fingerprint density at radius 1 is 1.04 bits per heavy atom. The van der Waals surface area contributed by atoms with Crippen LogP contribution in [0.5, 0.6) is 0 Å². The largest absolute Gasteiger partial charge is 0.338 e. The van der Waals surface area contributed by atoms with Crippen molar-refractivity contribution in [2.24, 2.45) is 11.7 Å². The molecule has 26 heavy (non-hydrogen) atoms. The third-order valence-electron chi connectivity index (χ3n) is 5.74. The molecule has 2 N–H and O–H groups in total. The third kappa shape index (κ3) is 3.51. The maximum absolute atomic E-state index is 11.6. The van der Waals surface area contributed by atoms with Crippen LogP contribution in [-0.4, -0.2) is 53.7 Å². The van der Waals surface area contributed by atoms with Crippen LogP contribution < -0.4 is 5.73 Å². The summed E-state index contributed by atoms with van der Waals surface area (Å²) in [4.78, 5) is 37.4. The molecular weight excluding hydrogens is 330 g/mol. The molecule has 0 aromatic heterocycles. The highest BCUT2D eigenvalue weighted by Crippen LogP contribution is 2.35. The van der Waals surface area contributed by atoms with E-state index < -0.39 is 0 Å². The van der Waals surface area contributed by atoms with Gasteiger partial charge in [-0.15, -0.1) is 0 Å². The molecule has 140 valence electrons. The van der Waals surface area contributed by atoms with Gasteiger partial charge in [0, 0.05) is 19.6 Å². The van der Waals surface area contributed by atoms with Crippen molar-refractivity contribution in [1.29, 1.82) is 0 Å². The van der Waals surface area contributed by atoms with Crippen LogP contribution in [0.25, 0.3) is 0 Å². The zero-order valence-corrected chi connectivity index (χ0v) is 15.3. The fraction of sp³-hybridized carbons (Fsp3) is 0.550. The van der Waals surface area contributed by atoms with Gasteiger partial charge >= 0.3 is 0 Å². The van der Waals surface area contributed by atoms with Gasteiger partial charge in [0.25, 0.3) is 11.8 Å². The van der Waals surface area contributed by atoms with Crippen LogP contribution in [0.15, 0.2) is 24.3 Å². The lowest BCUT2D eigenvalue weighted by Gasteiger charge is -2.44. The summed E-state index contributed by atoms with van der Waals surface area (Å²) in [5.74, 6) is 0.501. The molecule has 2 heterocycles. The van der Waals surface area contributed by atoms with Crippen molar-refractivity contribution in [1.82, 2.24) is 9.80 Å². The summed E-state index contributed by atoms with van der Waals surface area (Å²) in [6.45, 7) is 1.13. The summed E-state index contributed by atoms with van der Waals surface area (Å²) in [6, 6.07) is 7.36. The van der Waals surface area contributed by atoms with E-state index in [2.05, 4.69) is 0 Å². The molecule has 3 aliphatic rings. The zero-order valence-electron chi connectivity index (χ0n) is 15.3. The van der Waals surface area contributed by atoms with E-state index in [1.807, 2.05) is 4.90 Å². The first kappa shape index (κ1) is 18.6. The number of carbonyl (C=O) groups excluding carboxylic acids is 3. The molecule has 0 radical (unpaired) electrons. The Morgan fingerprint density at radius 2 is 1.62 bits per heavy atom. The summed E-state index contributed by atoms with van der Waals surface area (Å²) in [5, 5.41) is 0. The minimum absolute atomic E-state index is 0.154. The van der Waals surface area contributed by atoms with Crippen molar-refractivity contribution >= 4 is 17.7 Å². The number of benzene rings is 1. The fourth-order valence-electron chi connectivity index (χ4n) is 4.36. The van der Waals surface area contributed by atoms with Crippen molar-refractivity contribution in [3.63, 3.8) is 0 Å². The highest BCUT2D eigenvalue weighted by molar-refractivity contribution is 6.21. The molecule has 2 aliphatic heterocycles. The fourth-order valence-corrected chi connectivity index (χ4v) is 4.36. The average Bonchev–Trinajstić information content (AvgIpc) is 2.92. The van der Waals surface area contributed by atoms with Crippen LogP contribution in [0.4, 0.5) is 0 Å². The summed E-state index contributed by atoms with van der Waals surface area (Å²) < 4.78 is 0. The van der Waals surface area contributed by atoms with E-state index in [1.54, 1.807) is 24.3 Å².